The molecule has 2 N–H and O–H groups in total. The van der Waals surface area contributed by atoms with Crippen molar-refractivity contribution in [2.24, 2.45) is 0 Å². The average Bonchev–Trinajstić information content (AvgIpc) is 2.53. The maximum absolute atomic E-state index is 12.1. The molecule has 1 aromatic carbocycles. The molecule has 5 heteroatoms. The van der Waals surface area contributed by atoms with Crippen LogP contribution in [-0.4, -0.2) is 48.9 Å². The van der Waals surface area contributed by atoms with Gasteiger partial charge >= 0.3 is 0 Å². The molecule has 26 heavy (non-hydrogen) atoms. The number of carbonyl (C=O) groups is 2. The molecule has 0 heterocycles. The zero-order valence-electron chi connectivity index (χ0n) is 17.2. The molecule has 0 aliphatic carbocycles. The number of carbonyl (C=O) groups excluding carboxylic acids is 2. The van der Waals surface area contributed by atoms with E-state index in [0.717, 1.165) is 6.42 Å². The number of hydrogen-bond donors (Lipinski definition) is 2. The number of likely N-dealkylation sites (N-methyl/N-ethyl adjacent to an activating group) is 1. The SMILES string of the molecule is CCN(CC(=O)NCCc1ccc(C(C)(C)C)cc1)CC(=O)NC(C)C. The summed E-state index contributed by atoms with van der Waals surface area (Å²) in [6.07, 6.45) is 0.802. The predicted molar refractivity (Wildman–Crippen MR) is 107 cm³/mol. The minimum Gasteiger partial charge on any atom is -0.355 e. The van der Waals surface area contributed by atoms with Gasteiger partial charge in [-0.2, -0.15) is 0 Å². The minimum atomic E-state index is -0.0476. The highest BCUT2D eigenvalue weighted by Crippen LogP contribution is 2.22. The normalized spacial score (nSPS) is 11.7. The molecule has 5 nitrogen and oxygen atoms in total. The lowest BCUT2D eigenvalue weighted by molar-refractivity contribution is -0.125. The second-order valence-electron chi connectivity index (χ2n) is 8.07. The van der Waals surface area contributed by atoms with Crippen LogP contribution in [-0.2, 0) is 21.4 Å². The van der Waals surface area contributed by atoms with Crippen LogP contribution in [0.15, 0.2) is 24.3 Å². The summed E-state index contributed by atoms with van der Waals surface area (Å²) in [5.41, 5.74) is 2.67. The smallest absolute Gasteiger partial charge is 0.234 e. The van der Waals surface area contributed by atoms with Crippen LogP contribution in [0, 0.1) is 0 Å². The van der Waals surface area contributed by atoms with E-state index in [0.29, 0.717) is 13.1 Å². The third-order valence-electron chi connectivity index (χ3n) is 4.19. The summed E-state index contributed by atoms with van der Waals surface area (Å²) in [6, 6.07) is 8.68. The number of hydrogen-bond acceptors (Lipinski definition) is 3. The van der Waals surface area contributed by atoms with Gasteiger partial charge in [0.25, 0.3) is 0 Å². The maximum Gasteiger partial charge on any atom is 0.234 e. The third-order valence-corrected chi connectivity index (χ3v) is 4.19. The van der Waals surface area contributed by atoms with Crippen molar-refractivity contribution in [3.63, 3.8) is 0 Å². The van der Waals surface area contributed by atoms with Gasteiger partial charge in [-0.3, -0.25) is 14.5 Å². The van der Waals surface area contributed by atoms with E-state index in [1.165, 1.54) is 11.1 Å². The predicted octanol–water partition coefficient (Wildman–Crippen LogP) is 2.49. The van der Waals surface area contributed by atoms with E-state index in [1.807, 2.05) is 25.7 Å². The largest absolute Gasteiger partial charge is 0.355 e. The number of nitrogens with zero attached hydrogens (tertiary/aromatic N) is 1. The summed E-state index contributed by atoms with van der Waals surface area (Å²) in [5, 5.41) is 5.79. The Morgan fingerprint density at radius 3 is 2.12 bits per heavy atom. The molecule has 2 amide bonds. The Labute approximate surface area is 158 Å². The molecule has 0 fully saturated rings. The lowest BCUT2D eigenvalue weighted by Gasteiger charge is -2.20. The first-order chi connectivity index (χ1) is 12.1. The van der Waals surface area contributed by atoms with E-state index in [1.54, 1.807) is 0 Å². The summed E-state index contributed by atoms with van der Waals surface area (Å²) in [6.45, 7) is 14.1. The molecule has 0 aromatic heterocycles. The van der Waals surface area contributed by atoms with Crippen LogP contribution in [0.2, 0.25) is 0 Å². The maximum atomic E-state index is 12.1. The van der Waals surface area contributed by atoms with E-state index in [-0.39, 0.29) is 36.4 Å². The fourth-order valence-electron chi connectivity index (χ4n) is 2.63. The Balaban J connectivity index is 2.38. The summed E-state index contributed by atoms with van der Waals surface area (Å²) in [4.78, 5) is 25.8. The van der Waals surface area contributed by atoms with Crippen LogP contribution >= 0.6 is 0 Å². The van der Waals surface area contributed by atoms with Gasteiger partial charge in [-0.1, -0.05) is 52.0 Å². The number of benzene rings is 1. The Morgan fingerprint density at radius 2 is 1.62 bits per heavy atom. The molecule has 0 aliphatic heterocycles. The molecule has 0 spiro atoms. The zero-order valence-corrected chi connectivity index (χ0v) is 17.2. The molecular formula is C21H35N3O2. The molecule has 1 aromatic rings. The quantitative estimate of drug-likeness (QED) is 0.710. The van der Waals surface area contributed by atoms with Gasteiger partial charge in [0.15, 0.2) is 0 Å². The van der Waals surface area contributed by atoms with Crippen LogP contribution in [0.4, 0.5) is 0 Å². The van der Waals surface area contributed by atoms with E-state index < -0.39 is 0 Å². The van der Waals surface area contributed by atoms with Crippen molar-refractivity contribution in [2.75, 3.05) is 26.2 Å². The standard InChI is InChI=1S/C21H35N3O2/c1-7-24(15-20(26)23-16(2)3)14-19(25)22-13-12-17-8-10-18(11-9-17)21(4,5)6/h8-11,16H,7,12-15H2,1-6H3,(H,22,25)(H,23,26). The first-order valence-corrected chi connectivity index (χ1v) is 9.49. The highest BCUT2D eigenvalue weighted by Gasteiger charge is 2.14. The van der Waals surface area contributed by atoms with Crippen LogP contribution in [0.3, 0.4) is 0 Å². The molecule has 1 rings (SSSR count). The molecule has 0 saturated carbocycles. The highest BCUT2D eigenvalue weighted by atomic mass is 16.2. The Morgan fingerprint density at radius 1 is 1.04 bits per heavy atom. The van der Waals surface area contributed by atoms with Gasteiger partial charge in [0.05, 0.1) is 13.1 Å². The molecule has 146 valence electrons. The third kappa shape index (κ3) is 8.48. The Hall–Kier alpha value is -1.88. The van der Waals surface area contributed by atoms with Crippen LogP contribution in [0.1, 0.15) is 52.7 Å². The molecule has 0 saturated heterocycles. The number of amides is 2. The van der Waals surface area contributed by atoms with Crippen molar-refractivity contribution in [3.05, 3.63) is 35.4 Å². The summed E-state index contributed by atoms with van der Waals surface area (Å²) in [5.74, 6) is -0.0934. The lowest BCUT2D eigenvalue weighted by atomic mass is 9.86. The summed E-state index contributed by atoms with van der Waals surface area (Å²) in [7, 11) is 0. The van der Waals surface area contributed by atoms with Crippen molar-refractivity contribution < 1.29 is 9.59 Å². The van der Waals surface area contributed by atoms with Crippen molar-refractivity contribution in [3.8, 4) is 0 Å². The lowest BCUT2D eigenvalue weighted by Crippen LogP contribution is -2.44. The van der Waals surface area contributed by atoms with E-state index >= 15 is 0 Å². The molecule has 0 aliphatic rings. The van der Waals surface area contributed by atoms with Gasteiger partial charge in [-0.15, -0.1) is 0 Å². The van der Waals surface area contributed by atoms with Crippen molar-refractivity contribution >= 4 is 11.8 Å². The second kappa shape index (κ2) is 10.3. The van der Waals surface area contributed by atoms with Gasteiger partial charge in [-0.05, 0) is 43.4 Å². The minimum absolute atomic E-state index is 0.0458. The summed E-state index contributed by atoms with van der Waals surface area (Å²) < 4.78 is 0. The second-order valence-corrected chi connectivity index (χ2v) is 8.07. The molecule has 0 unspecified atom stereocenters. The highest BCUT2D eigenvalue weighted by molar-refractivity contribution is 5.81. The van der Waals surface area contributed by atoms with Gasteiger partial charge in [0, 0.05) is 12.6 Å². The topological polar surface area (TPSA) is 61.4 Å². The Bertz CT molecular complexity index is 574. The summed E-state index contributed by atoms with van der Waals surface area (Å²) >= 11 is 0. The Kier molecular flexibility index (Phi) is 8.79. The van der Waals surface area contributed by atoms with E-state index in [9.17, 15) is 9.59 Å². The van der Waals surface area contributed by atoms with Gasteiger partial charge in [0.2, 0.25) is 11.8 Å². The molecule has 0 atom stereocenters. The first-order valence-electron chi connectivity index (χ1n) is 9.49. The van der Waals surface area contributed by atoms with Crippen molar-refractivity contribution in [2.45, 2.75) is 59.4 Å². The number of rotatable bonds is 9. The van der Waals surface area contributed by atoms with E-state index in [4.69, 9.17) is 0 Å². The van der Waals surface area contributed by atoms with Crippen LogP contribution < -0.4 is 10.6 Å². The van der Waals surface area contributed by atoms with Gasteiger partial charge in [0.1, 0.15) is 0 Å². The van der Waals surface area contributed by atoms with Gasteiger partial charge < -0.3 is 10.6 Å². The molecule has 0 radical (unpaired) electrons. The van der Waals surface area contributed by atoms with E-state index in [2.05, 4.69) is 55.7 Å². The van der Waals surface area contributed by atoms with Crippen LogP contribution in [0.5, 0.6) is 0 Å². The fourth-order valence-corrected chi connectivity index (χ4v) is 2.63. The zero-order chi connectivity index (χ0) is 19.7. The van der Waals surface area contributed by atoms with Crippen molar-refractivity contribution in [1.82, 2.24) is 15.5 Å². The fraction of sp³-hybridized carbons (Fsp3) is 0.619. The monoisotopic (exact) mass is 361 g/mol. The van der Waals surface area contributed by atoms with Crippen molar-refractivity contribution in [1.29, 1.82) is 0 Å². The van der Waals surface area contributed by atoms with Crippen LogP contribution in [0.25, 0.3) is 0 Å². The number of nitrogens with one attached hydrogen (secondary N) is 2. The average molecular weight is 362 g/mol. The molecule has 0 bridgehead atoms. The first kappa shape index (κ1) is 22.2. The van der Waals surface area contributed by atoms with Gasteiger partial charge in [-0.25, -0.2) is 0 Å². The molecular weight excluding hydrogens is 326 g/mol.